The van der Waals surface area contributed by atoms with E-state index in [1.165, 1.54) is 0 Å². The van der Waals surface area contributed by atoms with Gasteiger partial charge in [-0.3, -0.25) is 9.69 Å². The molecule has 1 saturated heterocycles. The van der Waals surface area contributed by atoms with E-state index in [1.807, 2.05) is 67.6 Å². The van der Waals surface area contributed by atoms with Crippen LogP contribution in [0.3, 0.4) is 0 Å². The number of anilines is 1. The van der Waals surface area contributed by atoms with Gasteiger partial charge in [0.1, 0.15) is 0 Å². The summed E-state index contributed by atoms with van der Waals surface area (Å²) < 4.78 is 0.956. The predicted molar refractivity (Wildman–Crippen MR) is 138 cm³/mol. The lowest BCUT2D eigenvalue weighted by molar-refractivity contribution is 0.0806. The number of piperazine rings is 1. The van der Waals surface area contributed by atoms with Gasteiger partial charge in [0.05, 0.1) is 22.8 Å². The van der Waals surface area contributed by atoms with Crippen molar-refractivity contribution in [2.75, 3.05) is 24.5 Å². The third-order valence-electron chi connectivity index (χ3n) is 5.94. The minimum absolute atomic E-state index is 0.0138. The van der Waals surface area contributed by atoms with Gasteiger partial charge in [-0.15, -0.1) is 0 Å². The van der Waals surface area contributed by atoms with Crippen molar-refractivity contribution in [3.05, 3.63) is 97.4 Å². The van der Waals surface area contributed by atoms with Crippen molar-refractivity contribution < 1.29 is 4.79 Å². The van der Waals surface area contributed by atoms with Gasteiger partial charge in [-0.05, 0) is 55.0 Å². The molecule has 1 heterocycles. The average Bonchev–Trinajstić information content (AvgIpc) is 2.79. The van der Waals surface area contributed by atoms with Crippen molar-refractivity contribution >= 4 is 62.2 Å². The third-order valence-corrected chi connectivity index (χ3v) is 7.26. The van der Waals surface area contributed by atoms with E-state index in [2.05, 4.69) is 25.7 Å². The van der Waals surface area contributed by atoms with Crippen LogP contribution in [0.15, 0.2) is 71.2 Å². The lowest BCUT2D eigenvalue weighted by atomic mass is 9.98. The van der Waals surface area contributed by atoms with Crippen molar-refractivity contribution in [3.63, 3.8) is 0 Å². The topological polar surface area (TPSA) is 23.6 Å². The number of ketones is 1. The van der Waals surface area contributed by atoms with E-state index in [-0.39, 0.29) is 17.9 Å². The molecule has 32 heavy (non-hydrogen) atoms. The van der Waals surface area contributed by atoms with E-state index in [0.717, 1.165) is 28.8 Å². The molecule has 0 amide bonds. The highest BCUT2D eigenvalue weighted by Gasteiger charge is 2.34. The lowest BCUT2D eigenvalue weighted by Gasteiger charge is -2.45. The van der Waals surface area contributed by atoms with Crippen LogP contribution in [0.5, 0.6) is 0 Å². The average molecular weight is 553 g/mol. The van der Waals surface area contributed by atoms with Crippen LogP contribution in [0.4, 0.5) is 5.69 Å². The first-order valence-electron chi connectivity index (χ1n) is 10.3. The predicted octanol–water partition coefficient (Wildman–Crippen LogP) is 7.54. The molecule has 2 atom stereocenters. The normalized spacial score (nSPS) is 17.9. The fraction of sp³-hybridized carbons (Fsp3) is 0.240. The molecule has 3 nitrogen and oxygen atoms in total. The van der Waals surface area contributed by atoms with Crippen LogP contribution in [-0.4, -0.2) is 36.4 Å². The summed E-state index contributed by atoms with van der Waals surface area (Å²) in [4.78, 5) is 17.7. The molecule has 3 aromatic carbocycles. The van der Waals surface area contributed by atoms with Gasteiger partial charge >= 0.3 is 0 Å². The first kappa shape index (κ1) is 23.6. The van der Waals surface area contributed by atoms with E-state index < -0.39 is 0 Å². The second-order valence-electron chi connectivity index (χ2n) is 7.90. The quantitative estimate of drug-likeness (QED) is 0.306. The summed E-state index contributed by atoms with van der Waals surface area (Å²) >= 11 is 22.3. The second-order valence-corrected chi connectivity index (χ2v) is 10.1. The summed E-state index contributed by atoms with van der Waals surface area (Å²) in [5.41, 5.74) is 2.77. The molecule has 7 heteroatoms. The first-order valence-corrected chi connectivity index (χ1v) is 12.3. The van der Waals surface area contributed by atoms with Crippen LogP contribution in [0.25, 0.3) is 0 Å². The highest BCUT2D eigenvalue weighted by atomic mass is 79.9. The van der Waals surface area contributed by atoms with Gasteiger partial charge in [-0.1, -0.05) is 75.0 Å². The molecule has 4 rings (SSSR count). The molecule has 0 aromatic heterocycles. The van der Waals surface area contributed by atoms with Crippen LogP contribution in [-0.2, 0) is 0 Å². The van der Waals surface area contributed by atoms with Gasteiger partial charge in [-0.2, -0.15) is 0 Å². The maximum atomic E-state index is 13.2. The SMILES string of the molecule is CC(C(=O)c1ccc(Br)cc1)N1CCN(c2ccc(Cl)cc2Cl)[C@H](c2ccc(Cl)cc2)C1. The minimum atomic E-state index is -0.242. The summed E-state index contributed by atoms with van der Waals surface area (Å²) in [5.74, 6) is 0.116. The third kappa shape index (κ3) is 5.16. The molecule has 1 aliphatic heterocycles. The Morgan fingerprint density at radius 1 is 0.938 bits per heavy atom. The summed E-state index contributed by atoms with van der Waals surface area (Å²) in [6, 6.07) is 20.7. The van der Waals surface area contributed by atoms with Crippen molar-refractivity contribution in [2.24, 2.45) is 0 Å². The number of nitrogens with zero attached hydrogens (tertiary/aromatic N) is 2. The number of benzene rings is 3. The van der Waals surface area contributed by atoms with Crippen LogP contribution in [0, 0.1) is 0 Å². The Kier molecular flexibility index (Phi) is 7.48. The maximum absolute atomic E-state index is 13.2. The number of halogens is 4. The summed E-state index contributed by atoms with van der Waals surface area (Å²) in [5, 5.41) is 1.91. The van der Waals surface area contributed by atoms with Crippen molar-refractivity contribution in [3.8, 4) is 0 Å². The molecule has 1 aliphatic rings. The molecule has 1 unspecified atom stereocenters. The maximum Gasteiger partial charge on any atom is 0.179 e. The Balaban J connectivity index is 1.63. The molecule has 166 valence electrons. The number of Topliss-reactive ketones (excluding diaryl/α,β-unsaturated/α-hetero) is 1. The van der Waals surface area contributed by atoms with Crippen LogP contribution in [0.1, 0.15) is 28.9 Å². The Morgan fingerprint density at radius 2 is 1.59 bits per heavy atom. The number of carbonyl (C=O) groups is 1. The number of carbonyl (C=O) groups excluding carboxylic acids is 1. The summed E-state index contributed by atoms with van der Waals surface area (Å²) in [6.45, 7) is 4.14. The van der Waals surface area contributed by atoms with Gasteiger partial charge in [0, 0.05) is 39.7 Å². The van der Waals surface area contributed by atoms with Gasteiger partial charge < -0.3 is 4.90 Å². The number of hydrogen-bond acceptors (Lipinski definition) is 3. The fourth-order valence-electron chi connectivity index (χ4n) is 4.15. The molecule has 0 bridgehead atoms. The summed E-state index contributed by atoms with van der Waals surface area (Å²) in [7, 11) is 0. The largest absolute Gasteiger partial charge is 0.361 e. The highest BCUT2D eigenvalue weighted by molar-refractivity contribution is 9.10. The zero-order valence-corrected chi connectivity index (χ0v) is 21.3. The van der Waals surface area contributed by atoms with Crippen LogP contribution >= 0.6 is 50.7 Å². The Labute approximate surface area is 212 Å². The molecule has 0 spiro atoms. The van der Waals surface area contributed by atoms with E-state index in [0.29, 0.717) is 27.2 Å². The van der Waals surface area contributed by atoms with Gasteiger partial charge in [0.15, 0.2) is 5.78 Å². The van der Waals surface area contributed by atoms with Gasteiger partial charge in [0.2, 0.25) is 0 Å². The number of rotatable bonds is 5. The Hall–Kier alpha value is -1.56. The molecular weight excluding hydrogens is 531 g/mol. The standard InChI is InChI=1S/C25H22BrCl3N2O/c1-16(25(32)18-2-6-19(26)7-3-18)30-12-13-31(23-11-10-21(28)14-22(23)29)24(15-30)17-4-8-20(27)9-5-17/h2-11,14,16,24H,12-13,15H2,1H3/t16?,24-/m0/s1. The van der Waals surface area contributed by atoms with Crippen molar-refractivity contribution in [1.82, 2.24) is 4.90 Å². The van der Waals surface area contributed by atoms with E-state index in [1.54, 1.807) is 6.07 Å². The lowest BCUT2D eigenvalue weighted by Crippen LogP contribution is -2.53. The van der Waals surface area contributed by atoms with Crippen LogP contribution < -0.4 is 4.90 Å². The Morgan fingerprint density at radius 3 is 2.25 bits per heavy atom. The molecule has 0 saturated carbocycles. The molecule has 0 N–H and O–H groups in total. The van der Waals surface area contributed by atoms with Crippen molar-refractivity contribution in [1.29, 1.82) is 0 Å². The van der Waals surface area contributed by atoms with Gasteiger partial charge in [-0.25, -0.2) is 0 Å². The fourth-order valence-corrected chi connectivity index (χ4v) is 5.06. The van der Waals surface area contributed by atoms with E-state index in [9.17, 15) is 4.79 Å². The Bertz CT molecular complexity index is 1110. The monoisotopic (exact) mass is 550 g/mol. The van der Waals surface area contributed by atoms with Crippen LogP contribution in [0.2, 0.25) is 15.1 Å². The highest BCUT2D eigenvalue weighted by Crippen LogP contribution is 2.37. The first-order chi connectivity index (χ1) is 15.3. The molecule has 0 radical (unpaired) electrons. The summed E-state index contributed by atoms with van der Waals surface area (Å²) in [6.07, 6.45) is 0. The molecule has 0 aliphatic carbocycles. The second kappa shape index (κ2) is 10.1. The molecule has 3 aromatic rings. The molecular formula is C25H22BrCl3N2O. The number of hydrogen-bond donors (Lipinski definition) is 0. The van der Waals surface area contributed by atoms with E-state index in [4.69, 9.17) is 34.8 Å². The van der Waals surface area contributed by atoms with E-state index >= 15 is 0 Å². The smallest absolute Gasteiger partial charge is 0.179 e. The zero-order chi connectivity index (χ0) is 22.8. The van der Waals surface area contributed by atoms with Crippen molar-refractivity contribution in [2.45, 2.75) is 19.0 Å². The minimum Gasteiger partial charge on any atom is -0.361 e. The van der Waals surface area contributed by atoms with Gasteiger partial charge in [0.25, 0.3) is 0 Å². The zero-order valence-electron chi connectivity index (χ0n) is 17.4. The molecule has 1 fully saturated rings.